The van der Waals surface area contributed by atoms with Gasteiger partial charge in [0.25, 0.3) is 5.91 Å². The van der Waals surface area contributed by atoms with Crippen LogP contribution < -0.4 is 5.32 Å². The highest BCUT2D eigenvalue weighted by Gasteiger charge is 2.53. The molecule has 4 fully saturated rings. The lowest BCUT2D eigenvalue weighted by atomic mass is 9.48. The molecule has 4 bridgehead atoms. The molecular weight excluding hydrogens is 296 g/mol. The highest BCUT2D eigenvalue weighted by atomic mass is 19.1. The Bertz CT molecular complexity index is 607. The van der Waals surface area contributed by atoms with E-state index in [1.807, 2.05) is 0 Å². The molecule has 4 aliphatic carbocycles. The van der Waals surface area contributed by atoms with Crippen LogP contribution in [0.2, 0.25) is 0 Å². The number of amides is 1. The van der Waals surface area contributed by atoms with Crippen LogP contribution in [-0.4, -0.2) is 11.9 Å². The summed E-state index contributed by atoms with van der Waals surface area (Å²) in [5, 5.41) is 3.01. The molecule has 0 heterocycles. The molecule has 1 atom stereocenters. The largest absolute Gasteiger partial charge is 0.349 e. The number of benzene rings is 1. The first kappa shape index (κ1) is 15.1. The van der Waals surface area contributed by atoms with Gasteiger partial charge in [-0.25, -0.2) is 8.78 Å². The molecule has 1 amide bonds. The fourth-order valence-corrected chi connectivity index (χ4v) is 5.81. The topological polar surface area (TPSA) is 29.1 Å². The van der Waals surface area contributed by atoms with Gasteiger partial charge >= 0.3 is 0 Å². The van der Waals surface area contributed by atoms with E-state index in [2.05, 4.69) is 12.2 Å². The number of carbonyl (C=O) groups is 1. The smallest absolute Gasteiger partial charge is 0.254 e. The lowest BCUT2D eigenvalue weighted by molar-refractivity contribution is -0.0688. The fourth-order valence-electron chi connectivity index (χ4n) is 5.81. The third-order valence-electron chi connectivity index (χ3n) is 6.53. The standard InChI is InChI=1S/C19H23F2NO/c1-11(22-18(23)16-3-2-15(20)7-17(16)21)19-8-12-4-13(9-19)6-14(5-12)10-19/h2-3,7,11-14H,4-6,8-10H2,1H3,(H,22,23)/t11-,12?,13?,14?,19?/m0/s1. The van der Waals surface area contributed by atoms with Crippen molar-refractivity contribution in [1.29, 1.82) is 0 Å². The molecule has 1 N–H and O–H groups in total. The van der Waals surface area contributed by atoms with Gasteiger partial charge < -0.3 is 5.32 Å². The van der Waals surface area contributed by atoms with E-state index in [0.29, 0.717) is 0 Å². The summed E-state index contributed by atoms with van der Waals surface area (Å²) in [6.07, 6.45) is 7.62. The summed E-state index contributed by atoms with van der Waals surface area (Å²) < 4.78 is 26.8. The number of carbonyl (C=O) groups excluding carboxylic acids is 1. The van der Waals surface area contributed by atoms with Gasteiger partial charge in [0.1, 0.15) is 11.6 Å². The Hall–Kier alpha value is -1.45. The second-order valence-electron chi connectivity index (χ2n) is 8.10. The summed E-state index contributed by atoms with van der Waals surface area (Å²) in [6, 6.07) is 3.16. The van der Waals surface area contributed by atoms with Crippen molar-refractivity contribution < 1.29 is 13.6 Å². The molecule has 0 spiro atoms. The molecule has 23 heavy (non-hydrogen) atoms. The maximum absolute atomic E-state index is 13.8. The highest BCUT2D eigenvalue weighted by Crippen LogP contribution is 2.61. The van der Waals surface area contributed by atoms with E-state index in [1.165, 1.54) is 44.6 Å². The average Bonchev–Trinajstić information content (AvgIpc) is 2.45. The molecule has 4 aliphatic rings. The van der Waals surface area contributed by atoms with Gasteiger partial charge in [-0.1, -0.05) is 0 Å². The molecular formula is C19H23F2NO. The van der Waals surface area contributed by atoms with Gasteiger partial charge in [-0.15, -0.1) is 0 Å². The van der Waals surface area contributed by atoms with Crippen molar-refractivity contribution in [3.8, 4) is 0 Å². The van der Waals surface area contributed by atoms with E-state index in [9.17, 15) is 13.6 Å². The predicted octanol–water partition coefficient (Wildman–Crippen LogP) is 4.30. The Morgan fingerprint density at radius 1 is 1.13 bits per heavy atom. The monoisotopic (exact) mass is 319 g/mol. The maximum Gasteiger partial charge on any atom is 0.254 e. The predicted molar refractivity (Wildman–Crippen MR) is 83.9 cm³/mol. The normalized spacial score (nSPS) is 36.0. The van der Waals surface area contributed by atoms with Crippen molar-refractivity contribution in [3.63, 3.8) is 0 Å². The summed E-state index contributed by atoms with van der Waals surface area (Å²) in [7, 11) is 0. The molecule has 5 rings (SSSR count). The molecule has 4 heteroatoms. The second-order valence-corrected chi connectivity index (χ2v) is 8.10. The van der Waals surface area contributed by atoms with Crippen molar-refractivity contribution in [2.45, 2.75) is 51.5 Å². The first-order chi connectivity index (χ1) is 10.9. The number of hydrogen-bond acceptors (Lipinski definition) is 1. The van der Waals surface area contributed by atoms with Crippen molar-refractivity contribution in [2.75, 3.05) is 0 Å². The lowest BCUT2D eigenvalue weighted by Gasteiger charge is -2.59. The number of hydrogen-bond donors (Lipinski definition) is 1. The van der Waals surface area contributed by atoms with Gasteiger partial charge in [-0.05, 0) is 80.8 Å². The van der Waals surface area contributed by atoms with Gasteiger partial charge in [0.15, 0.2) is 0 Å². The molecule has 0 saturated heterocycles. The Morgan fingerprint density at radius 3 is 2.22 bits per heavy atom. The number of rotatable bonds is 3. The Labute approximate surface area is 135 Å². The molecule has 2 nitrogen and oxygen atoms in total. The molecule has 1 aromatic rings. The van der Waals surface area contributed by atoms with Gasteiger partial charge in [0.2, 0.25) is 0 Å². The van der Waals surface area contributed by atoms with Crippen LogP contribution in [-0.2, 0) is 0 Å². The molecule has 0 aliphatic heterocycles. The van der Waals surface area contributed by atoms with Crippen LogP contribution in [0.15, 0.2) is 18.2 Å². The minimum atomic E-state index is -0.791. The molecule has 4 saturated carbocycles. The van der Waals surface area contributed by atoms with E-state index in [-0.39, 0.29) is 17.0 Å². The van der Waals surface area contributed by atoms with Gasteiger partial charge in [0.05, 0.1) is 5.56 Å². The molecule has 124 valence electrons. The van der Waals surface area contributed by atoms with Crippen LogP contribution >= 0.6 is 0 Å². The van der Waals surface area contributed by atoms with Crippen LogP contribution in [0, 0.1) is 34.8 Å². The van der Waals surface area contributed by atoms with Crippen LogP contribution in [0.5, 0.6) is 0 Å². The van der Waals surface area contributed by atoms with Crippen molar-refractivity contribution in [3.05, 3.63) is 35.4 Å². The third-order valence-corrected chi connectivity index (χ3v) is 6.53. The zero-order chi connectivity index (χ0) is 16.2. The van der Waals surface area contributed by atoms with E-state index in [1.54, 1.807) is 0 Å². The van der Waals surface area contributed by atoms with E-state index >= 15 is 0 Å². The molecule has 0 aromatic heterocycles. The number of nitrogens with one attached hydrogen (secondary N) is 1. The molecule has 1 aromatic carbocycles. The van der Waals surface area contributed by atoms with Gasteiger partial charge in [-0.2, -0.15) is 0 Å². The van der Waals surface area contributed by atoms with Crippen molar-refractivity contribution in [2.24, 2.45) is 23.2 Å². The molecule has 0 unspecified atom stereocenters. The first-order valence-electron chi connectivity index (χ1n) is 8.71. The van der Waals surface area contributed by atoms with Crippen LogP contribution in [0.1, 0.15) is 55.8 Å². The Kier molecular flexibility index (Phi) is 3.47. The summed E-state index contributed by atoms with van der Waals surface area (Å²) >= 11 is 0. The van der Waals surface area contributed by atoms with Crippen molar-refractivity contribution in [1.82, 2.24) is 5.32 Å². The van der Waals surface area contributed by atoms with Crippen molar-refractivity contribution >= 4 is 5.91 Å². The van der Waals surface area contributed by atoms with E-state index < -0.39 is 17.5 Å². The summed E-state index contributed by atoms with van der Waals surface area (Å²) in [5.74, 6) is 0.550. The highest BCUT2D eigenvalue weighted by molar-refractivity contribution is 5.94. The third kappa shape index (κ3) is 2.56. The quantitative estimate of drug-likeness (QED) is 0.884. The van der Waals surface area contributed by atoms with Crippen LogP contribution in [0.25, 0.3) is 0 Å². The SMILES string of the molecule is C[C@H](NC(=O)c1ccc(F)cc1F)C12CC3CC(CC(C3)C1)C2. The lowest BCUT2D eigenvalue weighted by Crippen LogP contribution is -2.55. The summed E-state index contributed by atoms with van der Waals surface area (Å²) in [6.45, 7) is 2.06. The number of halogens is 2. The average molecular weight is 319 g/mol. The second kappa shape index (κ2) is 5.29. The van der Waals surface area contributed by atoms with Crippen LogP contribution in [0.4, 0.5) is 8.78 Å². The van der Waals surface area contributed by atoms with E-state index in [0.717, 1.165) is 29.9 Å². The first-order valence-corrected chi connectivity index (χ1v) is 8.71. The zero-order valence-corrected chi connectivity index (χ0v) is 13.4. The summed E-state index contributed by atoms with van der Waals surface area (Å²) in [5.41, 5.74) is 0.115. The minimum Gasteiger partial charge on any atom is -0.349 e. The maximum atomic E-state index is 13.8. The minimum absolute atomic E-state index is 0.0350. The van der Waals surface area contributed by atoms with E-state index in [4.69, 9.17) is 0 Å². The Balaban J connectivity index is 1.51. The van der Waals surface area contributed by atoms with Gasteiger partial charge in [0, 0.05) is 12.1 Å². The zero-order valence-electron chi connectivity index (χ0n) is 13.4. The summed E-state index contributed by atoms with van der Waals surface area (Å²) in [4.78, 5) is 12.4. The van der Waals surface area contributed by atoms with Crippen LogP contribution in [0.3, 0.4) is 0 Å². The van der Waals surface area contributed by atoms with Gasteiger partial charge in [-0.3, -0.25) is 4.79 Å². The molecule has 0 radical (unpaired) electrons. The fraction of sp³-hybridized carbons (Fsp3) is 0.632. The Morgan fingerprint density at radius 2 is 1.70 bits per heavy atom.